The van der Waals surface area contributed by atoms with Crippen molar-refractivity contribution >= 4 is 29.8 Å². The molecular formula is C38H51N3O8. The molecule has 0 aromatic heterocycles. The summed E-state index contributed by atoms with van der Waals surface area (Å²) in [7, 11) is 1.53. The van der Waals surface area contributed by atoms with Gasteiger partial charge in [-0.2, -0.15) is 0 Å². The van der Waals surface area contributed by atoms with Crippen LogP contribution in [0.1, 0.15) is 77.8 Å². The summed E-state index contributed by atoms with van der Waals surface area (Å²) >= 11 is 0. The second-order valence-corrected chi connectivity index (χ2v) is 14.2. The smallest absolute Gasteiger partial charge is 0.411 e. The van der Waals surface area contributed by atoms with Crippen LogP contribution in [0.5, 0.6) is 0 Å². The highest BCUT2D eigenvalue weighted by molar-refractivity contribution is 5.93. The van der Waals surface area contributed by atoms with Crippen LogP contribution in [0.25, 0.3) is 0 Å². The number of carbonyl (C=O) groups is 5. The number of esters is 2. The average molecular weight is 678 g/mol. The first-order chi connectivity index (χ1) is 23.3. The van der Waals surface area contributed by atoms with E-state index < -0.39 is 53.8 Å². The van der Waals surface area contributed by atoms with E-state index in [9.17, 15) is 24.0 Å². The Morgan fingerprint density at radius 3 is 1.98 bits per heavy atom. The number of hydrogen-bond donors (Lipinski definition) is 0. The van der Waals surface area contributed by atoms with E-state index in [1.54, 1.807) is 20.8 Å². The molecule has 0 aliphatic carbocycles. The van der Waals surface area contributed by atoms with Crippen LogP contribution >= 0.6 is 0 Å². The van der Waals surface area contributed by atoms with Gasteiger partial charge < -0.3 is 24.0 Å². The third kappa shape index (κ3) is 10.1. The number of likely N-dealkylation sites (tertiary alicyclic amines) is 2. The van der Waals surface area contributed by atoms with Gasteiger partial charge in [-0.25, -0.2) is 14.4 Å². The summed E-state index contributed by atoms with van der Waals surface area (Å²) in [5, 5.41) is 0. The SMILES string of the molecule is CC(C)[C@@H](C(=O)N1CCC[C@H]1C(=O)OCc1ccccc1)N(C)C(=O)[C@@H](Cc1ccccc1)OC(=O)[C@@H]1CCCCN1C(=O)OC(C)(C)C. The van der Waals surface area contributed by atoms with Crippen LogP contribution in [-0.2, 0) is 46.4 Å². The van der Waals surface area contributed by atoms with Gasteiger partial charge >= 0.3 is 18.0 Å². The van der Waals surface area contributed by atoms with Gasteiger partial charge in [-0.05, 0) is 69.9 Å². The lowest BCUT2D eigenvalue weighted by Gasteiger charge is -2.38. The van der Waals surface area contributed by atoms with E-state index in [-0.39, 0.29) is 24.9 Å². The molecule has 4 atom stereocenters. The fourth-order valence-corrected chi connectivity index (χ4v) is 6.47. The van der Waals surface area contributed by atoms with Crippen LogP contribution in [0.3, 0.4) is 0 Å². The molecule has 2 aliphatic rings. The maximum atomic E-state index is 14.3. The minimum atomic E-state index is -1.26. The number of ether oxygens (including phenoxy) is 3. The highest BCUT2D eigenvalue weighted by Gasteiger charge is 2.44. The van der Waals surface area contributed by atoms with E-state index in [0.717, 1.165) is 11.1 Å². The standard InChI is InChI=1S/C38H51N3O8/c1-26(2)32(34(43)40-23-15-21-29(40)35(44)47-25-28-18-11-8-12-19-28)39(6)33(42)31(24-27-16-9-7-10-17-27)48-36(45)30-20-13-14-22-41(30)37(46)49-38(3,4)5/h7-12,16-19,26,29-32H,13-15,20-25H2,1-6H3/t29-,30-,31+,32-/m0/s1. The fourth-order valence-electron chi connectivity index (χ4n) is 6.47. The molecule has 0 spiro atoms. The van der Waals surface area contributed by atoms with Crippen molar-refractivity contribution in [1.29, 1.82) is 0 Å². The molecule has 11 heteroatoms. The van der Waals surface area contributed by atoms with Gasteiger partial charge in [0, 0.05) is 26.6 Å². The van der Waals surface area contributed by atoms with Crippen LogP contribution in [0.2, 0.25) is 0 Å². The van der Waals surface area contributed by atoms with Crippen molar-refractivity contribution in [2.75, 3.05) is 20.1 Å². The van der Waals surface area contributed by atoms with E-state index >= 15 is 0 Å². The van der Waals surface area contributed by atoms with E-state index in [1.165, 1.54) is 21.7 Å². The van der Waals surface area contributed by atoms with Gasteiger partial charge in [0.2, 0.25) is 5.91 Å². The molecule has 2 aliphatic heterocycles. The van der Waals surface area contributed by atoms with Gasteiger partial charge in [0.25, 0.3) is 5.91 Å². The molecule has 49 heavy (non-hydrogen) atoms. The highest BCUT2D eigenvalue weighted by atomic mass is 16.6. The number of rotatable bonds is 11. The number of amides is 3. The topological polar surface area (TPSA) is 123 Å². The van der Waals surface area contributed by atoms with Crippen LogP contribution in [0.4, 0.5) is 4.79 Å². The normalized spacial score (nSPS) is 19.2. The predicted octanol–water partition coefficient (Wildman–Crippen LogP) is 5.15. The van der Waals surface area contributed by atoms with Crippen LogP contribution < -0.4 is 0 Å². The maximum Gasteiger partial charge on any atom is 0.411 e. The summed E-state index contributed by atoms with van der Waals surface area (Å²) in [4.78, 5) is 72.7. The van der Waals surface area contributed by atoms with Crippen LogP contribution in [0, 0.1) is 5.92 Å². The second kappa shape index (κ2) is 16.8. The molecule has 3 amide bonds. The largest absolute Gasteiger partial charge is 0.459 e. The summed E-state index contributed by atoms with van der Waals surface area (Å²) in [6.45, 7) is 9.75. The lowest BCUT2D eigenvalue weighted by atomic mass is 9.98. The minimum absolute atomic E-state index is 0.0755. The van der Waals surface area contributed by atoms with Crippen molar-refractivity contribution < 1.29 is 38.2 Å². The molecule has 2 aromatic rings. The summed E-state index contributed by atoms with van der Waals surface area (Å²) in [5.74, 6) is -2.41. The summed E-state index contributed by atoms with van der Waals surface area (Å²) in [6, 6.07) is 15.9. The molecule has 2 aromatic carbocycles. The summed E-state index contributed by atoms with van der Waals surface area (Å²) in [5.41, 5.74) is 0.865. The van der Waals surface area contributed by atoms with Gasteiger partial charge in [-0.15, -0.1) is 0 Å². The van der Waals surface area contributed by atoms with Crippen molar-refractivity contribution in [3.8, 4) is 0 Å². The molecule has 2 heterocycles. The molecule has 2 fully saturated rings. The molecule has 11 nitrogen and oxygen atoms in total. The number of likely N-dealkylation sites (N-methyl/N-ethyl adjacent to an activating group) is 1. The lowest BCUT2D eigenvalue weighted by molar-refractivity contribution is -0.168. The van der Waals surface area contributed by atoms with Gasteiger partial charge in [0.05, 0.1) is 0 Å². The van der Waals surface area contributed by atoms with E-state index in [0.29, 0.717) is 45.2 Å². The Morgan fingerprint density at radius 2 is 1.37 bits per heavy atom. The molecule has 0 bridgehead atoms. The molecule has 0 radical (unpaired) electrons. The Bertz CT molecular complexity index is 1440. The van der Waals surface area contributed by atoms with E-state index in [1.807, 2.05) is 74.5 Å². The lowest BCUT2D eigenvalue weighted by Crippen LogP contribution is -2.57. The zero-order valence-electron chi connectivity index (χ0n) is 29.6. The second-order valence-electron chi connectivity index (χ2n) is 14.2. The molecule has 2 saturated heterocycles. The van der Waals surface area contributed by atoms with Crippen molar-refractivity contribution in [1.82, 2.24) is 14.7 Å². The Morgan fingerprint density at radius 1 is 0.796 bits per heavy atom. The molecular weight excluding hydrogens is 626 g/mol. The van der Waals surface area contributed by atoms with Crippen LogP contribution in [0.15, 0.2) is 60.7 Å². The van der Waals surface area contributed by atoms with Crippen LogP contribution in [-0.4, -0.2) is 94.5 Å². The van der Waals surface area contributed by atoms with Crippen molar-refractivity contribution in [2.45, 2.75) is 110 Å². The highest BCUT2D eigenvalue weighted by Crippen LogP contribution is 2.26. The van der Waals surface area contributed by atoms with Crippen molar-refractivity contribution in [3.63, 3.8) is 0 Å². The Balaban J connectivity index is 1.53. The molecule has 266 valence electrons. The van der Waals surface area contributed by atoms with E-state index in [4.69, 9.17) is 14.2 Å². The van der Waals surface area contributed by atoms with Gasteiger partial charge in [-0.1, -0.05) is 74.5 Å². The molecule has 0 unspecified atom stereocenters. The quantitative estimate of drug-likeness (QED) is 0.237. The first-order valence-electron chi connectivity index (χ1n) is 17.3. The number of nitrogens with zero attached hydrogens (tertiary/aromatic N) is 3. The Hall–Kier alpha value is -4.41. The van der Waals surface area contributed by atoms with Crippen molar-refractivity contribution in [2.24, 2.45) is 5.92 Å². The zero-order chi connectivity index (χ0) is 35.7. The van der Waals surface area contributed by atoms with Gasteiger partial charge in [0.1, 0.15) is 30.3 Å². The minimum Gasteiger partial charge on any atom is -0.459 e. The summed E-state index contributed by atoms with van der Waals surface area (Å²) < 4.78 is 17.1. The predicted molar refractivity (Wildman–Crippen MR) is 183 cm³/mol. The fraction of sp³-hybridized carbons (Fsp3) is 0.553. The number of piperidine rings is 1. The zero-order valence-corrected chi connectivity index (χ0v) is 29.6. The third-order valence-electron chi connectivity index (χ3n) is 8.88. The first kappa shape index (κ1) is 37.4. The Labute approximate surface area is 289 Å². The number of carbonyl (C=O) groups excluding carboxylic acids is 5. The van der Waals surface area contributed by atoms with Gasteiger partial charge in [-0.3, -0.25) is 14.5 Å². The maximum absolute atomic E-state index is 14.3. The van der Waals surface area contributed by atoms with Crippen molar-refractivity contribution in [3.05, 3.63) is 71.8 Å². The third-order valence-corrected chi connectivity index (χ3v) is 8.88. The molecule has 4 rings (SSSR count). The van der Waals surface area contributed by atoms with Gasteiger partial charge in [0.15, 0.2) is 6.10 Å². The monoisotopic (exact) mass is 677 g/mol. The number of hydrogen-bond acceptors (Lipinski definition) is 8. The average Bonchev–Trinajstić information content (AvgIpc) is 3.57. The molecule has 0 saturated carbocycles. The number of benzene rings is 2. The summed E-state index contributed by atoms with van der Waals surface area (Å²) in [6.07, 6.45) is 1.11. The van der Waals surface area contributed by atoms with E-state index in [2.05, 4.69) is 0 Å². The Kier molecular flexibility index (Phi) is 12.8. The first-order valence-corrected chi connectivity index (χ1v) is 17.3. The molecule has 0 N–H and O–H groups in total.